The van der Waals surface area contributed by atoms with Gasteiger partial charge in [0.1, 0.15) is 0 Å². The molecule has 2 rings (SSSR count). The second-order valence-electron chi connectivity index (χ2n) is 5.07. The van der Waals surface area contributed by atoms with Gasteiger partial charge >= 0.3 is 6.18 Å². The van der Waals surface area contributed by atoms with Crippen LogP contribution in [0.5, 0.6) is 0 Å². The van der Waals surface area contributed by atoms with Gasteiger partial charge in [0.05, 0.1) is 13.2 Å². The van der Waals surface area contributed by atoms with Crippen molar-refractivity contribution in [3.05, 3.63) is 28.0 Å². The number of halogens is 3. The minimum Gasteiger partial charge on any atom is -0.392 e. The molecule has 1 aliphatic rings. The van der Waals surface area contributed by atoms with Gasteiger partial charge in [-0.1, -0.05) is 0 Å². The topological polar surface area (TPSA) is 43.8 Å². The van der Waals surface area contributed by atoms with Crippen molar-refractivity contribution in [3.63, 3.8) is 0 Å². The molecule has 1 aliphatic heterocycles. The highest BCUT2D eigenvalue weighted by Gasteiger charge is 2.32. The van der Waals surface area contributed by atoms with E-state index in [2.05, 4.69) is 0 Å². The molecule has 0 bridgehead atoms. The maximum Gasteiger partial charge on any atom is 0.401 e. The largest absolute Gasteiger partial charge is 0.401 e. The summed E-state index contributed by atoms with van der Waals surface area (Å²) in [5.41, 5.74) is 0.790. The minimum absolute atomic E-state index is 0.0422. The molecule has 0 unspecified atom stereocenters. The Morgan fingerprint density at radius 1 is 1.32 bits per heavy atom. The Labute approximate surface area is 130 Å². The molecule has 8 heteroatoms. The maximum atomic E-state index is 12.3. The molecule has 1 aromatic rings. The first-order chi connectivity index (χ1) is 10.4. The SMILES string of the molecule is O=C(/C=C/c1cc(CO)cs1)N1CCN(CC(F)(F)F)CC1. The Hall–Kier alpha value is -1.38. The number of hydrogen-bond acceptors (Lipinski definition) is 4. The molecule has 22 heavy (non-hydrogen) atoms. The molecule has 0 radical (unpaired) electrons. The quantitative estimate of drug-likeness (QED) is 0.856. The van der Waals surface area contributed by atoms with Crippen molar-refractivity contribution in [2.75, 3.05) is 32.7 Å². The summed E-state index contributed by atoms with van der Waals surface area (Å²) < 4.78 is 36.9. The van der Waals surface area contributed by atoms with Crippen LogP contribution in [0.3, 0.4) is 0 Å². The molecule has 4 nitrogen and oxygen atoms in total. The first kappa shape index (κ1) is 17.0. The molecule has 0 atom stereocenters. The van der Waals surface area contributed by atoms with E-state index in [0.717, 1.165) is 10.4 Å². The van der Waals surface area contributed by atoms with Gasteiger partial charge in [-0.25, -0.2) is 0 Å². The zero-order chi connectivity index (χ0) is 16.2. The molecule has 2 heterocycles. The van der Waals surface area contributed by atoms with Gasteiger partial charge in [0, 0.05) is 37.1 Å². The average Bonchev–Trinajstić information content (AvgIpc) is 2.92. The number of rotatable bonds is 4. The molecule has 0 aromatic carbocycles. The third-order valence-corrected chi connectivity index (χ3v) is 4.28. The highest BCUT2D eigenvalue weighted by molar-refractivity contribution is 7.11. The molecule has 1 fully saturated rings. The zero-order valence-electron chi connectivity index (χ0n) is 11.8. The van der Waals surface area contributed by atoms with Gasteiger partial charge in [-0.15, -0.1) is 11.3 Å². The average molecular weight is 334 g/mol. The summed E-state index contributed by atoms with van der Waals surface area (Å²) in [6.07, 6.45) is -1.11. The highest BCUT2D eigenvalue weighted by atomic mass is 32.1. The second kappa shape index (κ2) is 7.26. The molecule has 1 aromatic heterocycles. The van der Waals surface area contributed by atoms with Crippen molar-refractivity contribution in [1.29, 1.82) is 0 Å². The summed E-state index contributed by atoms with van der Waals surface area (Å²) in [4.78, 5) is 15.7. The lowest BCUT2D eigenvalue weighted by Crippen LogP contribution is -2.50. The summed E-state index contributed by atoms with van der Waals surface area (Å²) in [7, 11) is 0. The standard InChI is InChI=1S/C14H17F3N2O2S/c15-14(16,17)10-18-3-5-19(6-4-18)13(21)2-1-12-7-11(8-20)9-22-12/h1-2,7,9,20H,3-6,8,10H2/b2-1+. The van der Waals surface area contributed by atoms with Gasteiger partial charge in [0.15, 0.2) is 0 Å². The van der Waals surface area contributed by atoms with Crippen LogP contribution < -0.4 is 0 Å². The van der Waals surface area contributed by atoms with Crippen molar-refractivity contribution in [2.24, 2.45) is 0 Å². The Balaban J connectivity index is 1.82. The highest BCUT2D eigenvalue weighted by Crippen LogP contribution is 2.18. The fourth-order valence-corrected chi connectivity index (χ4v) is 3.00. The van der Waals surface area contributed by atoms with Gasteiger partial charge in [-0.3, -0.25) is 9.69 Å². The zero-order valence-corrected chi connectivity index (χ0v) is 12.7. The number of nitrogens with zero attached hydrogens (tertiary/aromatic N) is 2. The molecule has 1 saturated heterocycles. The predicted molar refractivity (Wildman–Crippen MR) is 78.4 cm³/mol. The van der Waals surface area contributed by atoms with Crippen LogP contribution >= 0.6 is 11.3 Å². The maximum absolute atomic E-state index is 12.3. The lowest BCUT2D eigenvalue weighted by atomic mass is 10.2. The fourth-order valence-electron chi connectivity index (χ4n) is 2.20. The molecule has 1 N–H and O–H groups in total. The summed E-state index contributed by atoms with van der Waals surface area (Å²) in [6, 6.07) is 1.79. The van der Waals surface area contributed by atoms with Crippen molar-refractivity contribution in [3.8, 4) is 0 Å². The number of aliphatic hydroxyl groups is 1. The molecule has 1 amide bonds. The van der Waals surface area contributed by atoms with Gasteiger partial charge < -0.3 is 10.0 Å². The Kier molecular flexibility index (Phi) is 5.60. The molecule has 0 saturated carbocycles. The van der Waals surface area contributed by atoms with Gasteiger partial charge in [0.2, 0.25) is 5.91 Å². The number of alkyl halides is 3. The lowest BCUT2D eigenvalue weighted by Gasteiger charge is -2.34. The summed E-state index contributed by atoms with van der Waals surface area (Å²) in [5, 5.41) is 10.8. The van der Waals surface area contributed by atoms with Crippen molar-refractivity contribution in [1.82, 2.24) is 9.80 Å². The van der Waals surface area contributed by atoms with E-state index >= 15 is 0 Å². The second-order valence-corrected chi connectivity index (χ2v) is 6.01. The number of carbonyl (C=O) groups excluding carboxylic acids is 1. The Morgan fingerprint density at radius 2 is 2.00 bits per heavy atom. The number of carbonyl (C=O) groups is 1. The van der Waals surface area contributed by atoms with Crippen LogP contribution in [0, 0.1) is 0 Å². The lowest BCUT2D eigenvalue weighted by molar-refractivity contribution is -0.150. The molecular formula is C14H17F3N2O2S. The molecular weight excluding hydrogens is 317 g/mol. The van der Waals surface area contributed by atoms with Crippen LogP contribution in [0.15, 0.2) is 17.5 Å². The Bertz CT molecular complexity index is 534. The number of piperazine rings is 1. The summed E-state index contributed by atoms with van der Waals surface area (Å²) >= 11 is 1.42. The number of aliphatic hydroxyl groups excluding tert-OH is 1. The van der Waals surface area contributed by atoms with E-state index in [9.17, 15) is 18.0 Å². The number of amides is 1. The van der Waals surface area contributed by atoms with Crippen LogP contribution in [-0.4, -0.2) is 59.7 Å². The fraction of sp³-hybridized carbons (Fsp3) is 0.500. The normalized spacial score (nSPS) is 17.4. The van der Waals surface area contributed by atoms with Gasteiger partial charge in [-0.05, 0) is 23.1 Å². The third kappa shape index (κ3) is 5.11. The van der Waals surface area contributed by atoms with Crippen LogP contribution in [-0.2, 0) is 11.4 Å². The summed E-state index contributed by atoms with van der Waals surface area (Å²) in [5.74, 6) is -0.203. The minimum atomic E-state index is -4.20. The van der Waals surface area contributed by atoms with Crippen LogP contribution in [0.25, 0.3) is 6.08 Å². The first-order valence-corrected chi connectivity index (χ1v) is 7.70. The third-order valence-electron chi connectivity index (χ3n) is 3.33. The monoisotopic (exact) mass is 334 g/mol. The molecule has 0 aliphatic carbocycles. The van der Waals surface area contributed by atoms with Crippen LogP contribution in [0.1, 0.15) is 10.4 Å². The van der Waals surface area contributed by atoms with E-state index in [4.69, 9.17) is 5.11 Å². The Morgan fingerprint density at radius 3 is 2.55 bits per heavy atom. The molecule has 122 valence electrons. The van der Waals surface area contributed by atoms with Crippen molar-refractivity contribution < 1.29 is 23.1 Å². The van der Waals surface area contributed by atoms with E-state index in [0.29, 0.717) is 13.1 Å². The van der Waals surface area contributed by atoms with Crippen molar-refractivity contribution in [2.45, 2.75) is 12.8 Å². The van der Waals surface area contributed by atoms with Gasteiger partial charge in [-0.2, -0.15) is 13.2 Å². The van der Waals surface area contributed by atoms with E-state index < -0.39 is 12.7 Å². The van der Waals surface area contributed by atoms with E-state index in [1.54, 1.807) is 22.4 Å². The summed E-state index contributed by atoms with van der Waals surface area (Å²) in [6.45, 7) is 0.0835. The van der Waals surface area contributed by atoms with Crippen LogP contribution in [0.4, 0.5) is 13.2 Å². The first-order valence-electron chi connectivity index (χ1n) is 6.82. The smallest absolute Gasteiger partial charge is 0.392 e. The van der Waals surface area contributed by atoms with E-state index in [-0.39, 0.29) is 25.6 Å². The van der Waals surface area contributed by atoms with Crippen molar-refractivity contribution >= 4 is 23.3 Å². The van der Waals surface area contributed by atoms with Gasteiger partial charge in [0.25, 0.3) is 0 Å². The predicted octanol–water partition coefficient (Wildman–Crippen LogP) is 1.96. The number of hydrogen-bond donors (Lipinski definition) is 1. The van der Waals surface area contributed by atoms with E-state index in [1.165, 1.54) is 22.3 Å². The van der Waals surface area contributed by atoms with E-state index in [1.807, 2.05) is 0 Å². The molecule has 0 spiro atoms. The number of thiophene rings is 1. The van der Waals surface area contributed by atoms with Crippen LogP contribution in [0.2, 0.25) is 0 Å².